The number of hydrogen-bond acceptors (Lipinski definition) is 2. The summed E-state index contributed by atoms with van der Waals surface area (Å²) in [5.41, 5.74) is 0.410. The van der Waals surface area contributed by atoms with Crippen molar-refractivity contribution < 1.29 is 13.9 Å². The molecule has 0 atom stereocenters. The van der Waals surface area contributed by atoms with Crippen LogP contribution in [0.2, 0.25) is 0 Å². The quantitative estimate of drug-likeness (QED) is 0.762. The van der Waals surface area contributed by atoms with Gasteiger partial charge in [-0.1, -0.05) is 6.42 Å². The number of anilines is 1. The van der Waals surface area contributed by atoms with Crippen LogP contribution in [0.1, 0.15) is 32.1 Å². The minimum Gasteiger partial charge on any atom is -0.441 e. The monoisotopic (exact) mass is 249 g/mol. The summed E-state index contributed by atoms with van der Waals surface area (Å²) < 4.78 is 18.5. The van der Waals surface area contributed by atoms with E-state index >= 15 is 0 Å². The molecule has 2 aliphatic rings. The zero-order valence-electron chi connectivity index (χ0n) is 10.2. The SMILES string of the molecule is O=C1OC2(CCCCC2)CN1c1ccc(F)cc1. The van der Waals surface area contributed by atoms with Gasteiger partial charge in [0.2, 0.25) is 0 Å². The molecule has 1 aromatic rings. The molecule has 2 fully saturated rings. The first kappa shape index (κ1) is 11.5. The van der Waals surface area contributed by atoms with E-state index in [1.165, 1.54) is 18.6 Å². The molecular weight excluding hydrogens is 233 g/mol. The summed E-state index contributed by atoms with van der Waals surface area (Å²) >= 11 is 0. The molecule has 18 heavy (non-hydrogen) atoms. The summed E-state index contributed by atoms with van der Waals surface area (Å²) in [5, 5.41) is 0. The summed E-state index contributed by atoms with van der Waals surface area (Å²) in [7, 11) is 0. The van der Waals surface area contributed by atoms with E-state index in [1.807, 2.05) is 0 Å². The second-order valence-electron chi connectivity index (χ2n) is 5.17. The van der Waals surface area contributed by atoms with E-state index in [0.29, 0.717) is 12.2 Å². The van der Waals surface area contributed by atoms with Crippen LogP contribution in [-0.4, -0.2) is 18.2 Å². The maximum Gasteiger partial charge on any atom is 0.415 e. The van der Waals surface area contributed by atoms with E-state index in [2.05, 4.69) is 0 Å². The van der Waals surface area contributed by atoms with Crippen molar-refractivity contribution in [2.75, 3.05) is 11.4 Å². The van der Waals surface area contributed by atoms with E-state index in [-0.39, 0.29) is 17.5 Å². The Labute approximate surface area is 106 Å². The van der Waals surface area contributed by atoms with E-state index in [0.717, 1.165) is 25.7 Å². The van der Waals surface area contributed by atoms with Crippen LogP contribution in [0.4, 0.5) is 14.9 Å². The fraction of sp³-hybridized carbons (Fsp3) is 0.500. The van der Waals surface area contributed by atoms with Gasteiger partial charge in [-0.25, -0.2) is 9.18 Å². The Bertz CT molecular complexity index is 451. The topological polar surface area (TPSA) is 29.5 Å². The highest BCUT2D eigenvalue weighted by atomic mass is 19.1. The zero-order valence-corrected chi connectivity index (χ0v) is 10.2. The Hall–Kier alpha value is -1.58. The molecule has 0 bridgehead atoms. The van der Waals surface area contributed by atoms with Crippen molar-refractivity contribution >= 4 is 11.8 Å². The van der Waals surface area contributed by atoms with Crippen molar-refractivity contribution in [2.24, 2.45) is 0 Å². The first-order valence-corrected chi connectivity index (χ1v) is 6.45. The molecule has 1 aromatic carbocycles. The Morgan fingerprint density at radius 2 is 1.78 bits per heavy atom. The largest absolute Gasteiger partial charge is 0.441 e. The molecule has 0 unspecified atom stereocenters. The highest BCUT2D eigenvalue weighted by Gasteiger charge is 2.46. The van der Waals surface area contributed by atoms with Gasteiger partial charge in [0.1, 0.15) is 11.4 Å². The number of ether oxygens (including phenoxy) is 1. The summed E-state index contributed by atoms with van der Waals surface area (Å²) in [5.74, 6) is -0.293. The summed E-state index contributed by atoms with van der Waals surface area (Å²) in [6, 6.07) is 5.99. The zero-order chi connectivity index (χ0) is 12.6. The minimum atomic E-state index is -0.302. The first-order chi connectivity index (χ1) is 8.69. The number of carbonyl (C=O) groups excluding carboxylic acids is 1. The average Bonchev–Trinajstić information content (AvgIpc) is 2.68. The molecule has 0 aromatic heterocycles. The first-order valence-electron chi connectivity index (χ1n) is 6.45. The van der Waals surface area contributed by atoms with Crippen LogP contribution < -0.4 is 4.90 Å². The Morgan fingerprint density at radius 1 is 1.11 bits per heavy atom. The third-order valence-corrected chi connectivity index (χ3v) is 3.87. The third-order valence-electron chi connectivity index (χ3n) is 3.87. The predicted molar refractivity (Wildman–Crippen MR) is 66.0 cm³/mol. The van der Waals surface area contributed by atoms with Gasteiger partial charge >= 0.3 is 6.09 Å². The molecule has 1 saturated carbocycles. The van der Waals surface area contributed by atoms with Crippen molar-refractivity contribution in [1.29, 1.82) is 0 Å². The van der Waals surface area contributed by atoms with Crippen LogP contribution in [0.25, 0.3) is 0 Å². The fourth-order valence-corrected chi connectivity index (χ4v) is 2.90. The van der Waals surface area contributed by atoms with Gasteiger partial charge in [-0.05, 0) is 49.9 Å². The number of nitrogens with zero attached hydrogens (tertiary/aromatic N) is 1. The number of benzene rings is 1. The van der Waals surface area contributed by atoms with Gasteiger partial charge in [0.05, 0.1) is 6.54 Å². The molecule has 0 radical (unpaired) electrons. The molecular formula is C14H16FNO2. The standard InChI is InChI=1S/C14H16FNO2/c15-11-4-6-12(7-5-11)16-10-14(18-13(16)17)8-2-1-3-9-14/h4-7H,1-3,8-10H2. The molecule has 1 heterocycles. The van der Waals surface area contributed by atoms with Crippen LogP contribution >= 0.6 is 0 Å². The van der Waals surface area contributed by atoms with Gasteiger partial charge in [0.15, 0.2) is 0 Å². The maximum atomic E-state index is 12.9. The van der Waals surface area contributed by atoms with Gasteiger partial charge in [-0.3, -0.25) is 4.90 Å². The Morgan fingerprint density at radius 3 is 2.44 bits per heavy atom. The van der Waals surface area contributed by atoms with Crippen molar-refractivity contribution in [2.45, 2.75) is 37.7 Å². The smallest absolute Gasteiger partial charge is 0.415 e. The molecule has 1 aliphatic carbocycles. The van der Waals surface area contributed by atoms with Crippen LogP contribution in [0.5, 0.6) is 0 Å². The molecule has 3 rings (SSSR count). The van der Waals surface area contributed by atoms with E-state index in [1.54, 1.807) is 17.0 Å². The lowest BCUT2D eigenvalue weighted by Gasteiger charge is -2.30. The van der Waals surface area contributed by atoms with Gasteiger partial charge < -0.3 is 4.74 Å². The third kappa shape index (κ3) is 1.96. The molecule has 96 valence electrons. The van der Waals surface area contributed by atoms with Crippen LogP contribution in [-0.2, 0) is 4.74 Å². The van der Waals surface area contributed by atoms with Gasteiger partial charge in [-0.15, -0.1) is 0 Å². The Kier molecular flexibility index (Phi) is 2.73. The van der Waals surface area contributed by atoms with E-state index in [4.69, 9.17) is 4.74 Å². The molecule has 1 spiro atoms. The van der Waals surface area contributed by atoms with Crippen molar-refractivity contribution in [3.8, 4) is 0 Å². The lowest BCUT2D eigenvalue weighted by atomic mass is 9.85. The highest BCUT2D eigenvalue weighted by Crippen LogP contribution is 2.38. The average molecular weight is 249 g/mol. The molecule has 3 nitrogen and oxygen atoms in total. The number of carbonyl (C=O) groups is 1. The number of halogens is 1. The summed E-state index contributed by atoms with van der Waals surface area (Å²) in [6.45, 7) is 0.595. The minimum absolute atomic E-state index is 0.293. The molecule has 4 heteroatoms. The van der Waals surface area contributed by atoms with Crippen LogP contribution in [0.3, 0.4) is 0 Å². The second kappa shape index (κ2) is 4.26. The maximum absolute atomic E-state index is 12.9. The summed E-state index contributed by atoms with van der Waals surface area (Å²) in [4.78, 5) is 13.6. The lowest BCUT2D eigenvalue weighted by molar-refractivity contribution is 0.0260. The van der Waals surface area contributed by atoms with Gasteiger partial charge in [0, 0.05) is 5.69 Å². The van der Waals surface area contributed by atoms with Crippen LogP contribution in [0, 0.1) is 5.82 Å². The second-order valence-corrected chi connectivity index (χ2v) is 5.17. The molecule has 1 amide bonds. The molecule has 1 saturated heterocycles. The van der Waals surface area contributed by atoms with Crippen molar-refractivity contribution in [3.05, 3.63) is 30.1 Å². The fourth-order valence-electron chi connectivity index (χ4n) is 2.90. The van der Waals surface area contributed by atoms with Gasteiger partial charge in [0.25, 0.3) is 0 Å². The number of hydrogen-bond donors (Lipinski definition) is 0. The van der Waals surface area contributed by atoms with Crippen LogP contribution in [0.15, 0.2) is 24.3 Å². The van der Waals surface area contributed by atoms with Crippen molar-refractivity contribution in [1.82, 2.24) is 0 Å². The van der Waals surface area contributed by atoms with Crippen molar-refractivity contribution in [3.63, 3.8) is 0 Å². The van der Waals surface area contributed by atoms with E-state index in [9.17, 15) is 9.18 Å². The molecule has 1 aliphatic heterocycles. The number of rotatable bonds is 1. The number of amides is 1. The van der Waals surface area contributed by atoms with Gasteiger partial charge in [-0.2, -0.15) is 0 Å². The molecule has 0 N–H and O–H groups in total. The Balaban J connectivity index is 1.82. The lowest BCUT2D eigenvalue weighted by Crippen LogP contribution is -2.36. The summed E-state index contributed by atoms with van der Waals surface area (Å²) in [6.07, 6.45) is 5.03. The normalized spacial score (nSPS) is 22.3. The van der Waals surface area contributed by atoms with E-state index < -0.39 is 0 Å². The highest BCUT2D eigenvalue weighted by molar-refractivity contribution is 5.90. The predicted octanol–water partition coefficient (Wildman–Crippen LogP) is 3.49.